The summed E-state index contributed by atoms with van der Waals surface area (Å²) in [6.45, 7) is 12.0. The molecule has 1 nitrogen and oxygen atoms in total. The molecule has 1 aromatic carbocycles. The molecule has 1 heteroatoms. The van der Waals surface area contributed by atoms with E-state index in [1.807, 2.05) is 25.3 Å². The van der Waals surface area contributed by atoms with E-state index >= 15 is 0 Å². The summed E-state index contributed by atoms with van der Waals surface area (Å²) in [6, 6.07) is 8.33. The lowest BCUT2D eigenvalue weighted by Gasteiger charge is -2.29. The molecule has 1 aromatic rings. The number of hydrogen-bond donors (Lipinski definition) is 1. The van der Waals surface area contributed by atoms with Gasteiger partial charge < -0.3 is 5.32 Å². The van der Waals surface area contributed by atoms with Gasteiger partial charge in [0.15, 0.2) is 0 Å². The largest absolute Gasteiger partial charge is 0.388 e. The van der Waals surface area contributed by atoms with Crippen molar-refractivity contribution in [1.29, 1.82) is 0 Å². The molecule has 0 aromatic heterocycles. The predicted molar refractivity (Wildman–Crippen MR) is 77.5 cm³/mol. The molecule has 0 spiro atoms. The van der Waals surface area contributed by atoms with Crippen LogP contribution in [0.25, 0.3) is 0 Å². The second-order valence-corrected chi connectivity index (χ2v) is 4.48. The van der Waals surface area contributed by atoms with Crippen LogP contribution < -0.4 is 5.32 Å². The molecule has 0 aliphatic rings. The maximum Gasteiger partial charge on any atom is 0.0379 e. The van der Waals surface area contributed by atoms with Crippen LogP contribution in [-0.4, -0.2) is 7.05 Å². The van der Waals surface area contributed by atoms with Crippen molar-refractivity contribution >= 4 is 5.69 Å². The zero-order valence-electron chi connectivity index (χ0n) is 11.0. The Labute approximate surface area is 105 Å². The van der Waals surface area contributed by atoms with Crippen molar-refractivity contribution in [2.75, 3.05) is 12.4 Å². The lowest BCUT2D eigenvalue weighted by Crippen LogP contribution is -2.20. The number of benzene rings is 1. The molecule has 0 unspecified atom stereocenters. The van der Waals surface area contributed by atoms with Gasteiger partial charge in [-0.25, -0.2) is 0 Å². The van der Waals surface area contributed by atoms with Gasteiger partial charge in [0.1, 0.15) is 0 Å². The molecule has 0 saturated heterocycles. The summed E-state index contributed by atoms with van der Waals surface area (Å²) in [5, 5.41) is 3.24. The van der Waals surface area contributed by atoms with Gasteiger partial charge in [-0.2, -0.15) is 0 Å². The van der Waals surface area contributed by atoms with Crippen LogP contribution in [0.1, 0.15) is 19.4 Å². The highest BCUT2D eigenvalue weighted by molar-refractivity contribution is 5.58. The number of para-hydroxylation sites is 1. The first-order valence-electron chi connectivity index (χ1n) is 5.80. The quantitative estimate of drug-likeness (QED) is 0.739. The third kappa shape index (κ3) is 2.68. The summed E-state index contributed by atoms with van der Waals surface area (Å²) >= 11 is 0. The molecule has 0 heterocycles. The summed E-state index contributed by atoms with van der Waals surface area (Å²) in [5.74, 6) is 0. The van der Waals surface area contributed by atoms with Gasteiger partial charge in [-0.15, -0.1) is 0 Å². The van der Waals surface area contributed by atoms with E-state index in [2.05, 4.69) is 50.5 Å². The molecular formula is C16H21N. The Hall–Kier alpha value is -1.76. The fraction of sp³-hybridized carbons (Fsp3) is 0.250. The standard InChI is InChI=1S/C16H21N/c1-6-10-13(7-2)16(3,4)14-11-8-9-12-15(14)17-5/h6-12,17H,1-2H2,3-5H3/b13-10+. The Morgan fingerprint density at radius 1 is 1.24 bits per heavy atom. The number of nitrogens with one attached hydrogen (secondary N) is 1. The molecule has 0 amide bonds. The molecule has 0 saturated carbocycles. The molecule has 0 radical (unpaired) electrons. The van der Waals surface area contributed by atoms with Crippen molar-refractivity contribution in [3.05, 3.63) is 66.8 Å². The third-order valence-corrected chi connectivity index (χ3v) is 3.11. The Morgan fingerprint density at radius 2 is 1.88 bits per heavy atom. The van der Waals surface area contributed by atoms with E-state index < -0.39 is 0 Å². The highest BCUT2D eigenvalue weighted by atomic mass is 14.8. The SMILES string of the molecule is C=C/C=C(\C=C)C(C)(C)c1ccccc1NC. The summed E-state index contributed by atoms with van der Waals surface area (Å²) in [7, 11) is 1.94. The Kier molecular flexibility index (Phi) is 4.33. The number of anilines is 1. The Bertz CT molecular complexity index is 439. The molecule has 1 N–H and O–H groups in total. The van der Waals surface area contributed by atoms with E-state index in [9.17, 15) is 0 Å². The second-order valence-electron chi connectivity index (χ2n) is 4.48. The average Bonchev–Trinajstić information content (AvgIpc) is 2.35. The summed E-state index contributed by atoms with van der Waals surface area (Å²) in [4.78, 5) is 0. The van der Waals surface area contributed by atoms with Crippen LogP contribution in [0.15, 0.2) is 61.2 Å². The van der Waals surface area contributed by atoms with E-state index in [0.717, 1.165) is 11.3 Å². The zero-order chi connectivity index (χ0) is 12.9. The van der Waals surface area contributed by atoms with Crippen molar-refractivity contribution in [3.63, 3.8) is 0 Å². The van der Waals surface area contributed by atoms with Gasteiger partial charge in [-0.3, -0.25) is 0 Å². The van der Waals surface area contributed by atoms with E-state index in [1.165, 1.54) is 5.56 Å². The topological polar surface area (TPSA) is 12.0 Å². The highest BCUT2D eigenvalue weighted by Crippen LogP contribution is 2.36. The molecule has 0 atom stereocenters. The second kappa shape index (κ2) is 5.53. The van der Waals surface area contributed by atoms with Crippen LogP contribution in [0.3, 0.4) is 0 Å². The van der Waals surface area contributed by atoms with Crippen molar-refractivity contribution in [2.24, 2.45) is 0 Å². The molecule has 0 aliphatic heterocycles. The smallest absolute Gasteiger partial charge is 0.0379 e. The monoisotopic (exact) mass is 227 g/mol. The van der Waals surface area contributed by atoms with Crippen LogP contribution in [-0.2, 0) is 5.41 Å². The van der Waals surface area contributed by atoms with Gasteiger partial charge >= 0.3 is 0 Å². The van der Waals surface area contributed by atoms with Crippen molar-refractivity contribution in [3.8, 4) is 0 Å². The van der Waals surface area contributed by atoms with Crippen molar-refractivity contribution in [2.45, 2.75) is 19.3 Å². The van der Waals surface area contributed by atoms with Gasteiger partial charge in [-0.1, -0.05) is 63.4 Å². The lowest BCUT2D eigenvalue weighted by atomic mass is 9.76. The first-order chi connectivity index (χ1) is 8.07. The van der Waals surface area contributed by atoms with E-state index in [0.29, 0.717) is 0 Å². The maximum absolute atomic E-state index is 3.89. The van der Waals surface area contributed by atoms with Crippen LogP contribution in [0.2, 0.25) is 0 Å². The molecule has 1 rings (SSSR count). The van der Waals surface area contributed by atoms with Gasteiger partial charge in [-0.05, 0) is 17.2 Å². The first-order valence-corrected chi connectivity index (χ1v) is 5.80. The number of hydrogen-bond acceptors (Lipinski definition) is 1. The Balaban J connectivity index is 3.33. The average molecular weight is 227 g/mol. The number of rotatable bonds is 5. The minimum atomic E-state index is -0.0878. The van der Waals surface area contributed by atoms with Gasteiger partial charge in [0, 0.05) is 18.2 Å². The maximum atomic E-state index is 3.89. The molecule has 0 bridgehead atoms. The van der Waals surface area contributed by atoms with Gasteiger partial charge in [0.25, 0.3) is 0 Å². The van der Waals surface area contributed by atoms with E-state index in [4.69, 9.17) is 0 Å². The molecular weight excluding hydrogens is 206 g/mol. The minimum Gasteiger partial charge on any atom is -0.388 e. The van der Waals surface area contributed by atoms with Crippen molar-refractivity contribution in [1.82, 2.24) is 0 Å². The fourth-order valence-corrected chi connectivity index (χ4v) is 2.06. The Morgan fingerprint density at radius 3 is 2.41 bits per heavy atom. The zero-order valence-corrected chi connectivity index (χ0v) is 11.0. The van der Waals surface area contributed by atoms with Crippen LogP contribution in [0.4, 0.5) is 5.69 Å². The summed E-state index contributed by atoms with van der Waals surface area (Å²) < 4.78 is 0. The third-order valence-electron chi connectivity index (χ3n) is 3.11. The van der Waals surface area contributed by atoms with Gasteiger partial charge in [0.05, 0.1) is 0 Å². The molecule has 90 valence electrons. The summed E-state index contributed by atoms with van der Waals surface area (Å²) in [5.41, 5.74) is 3.48. The minimum absolute atomic E-state index is 0.0878. The first kappa shape index (κ1) is 13.3. The van der Waals surface area contributed by atoms with Gasteiger partial charge in [0.2, 0.25) is 0 Å². The van der Waals surface area contributed by atoms with E-state index in [-0.39, 0.29) is 5.41 Å². The highest BCUT2D eigenvalue weighted by Gasteiger charge is 2.25. The van der Waals surface area contributed by atoms with Crippen LogP contribution >= 0.6 is 0 Å². The molecule has 0 aliphatic carbocycles. The van der Waals surface area contributed by atoms with Crippen LogP contribution in [0.5, 0.6) is 0 Å². The number of allylic oxidation sites excluding steroid dienone is 4. The predicted octanol–water partition coefficient (Wildman–Crippen LogP) is 4.30. The van der Waals surface area contributed by atoms with Crippen LogP contribution in [0, 0.1) is 0 Å². The lowest BCUT2D eigenvalue weighted by molar-refractivity contribution is 0.641. The normalized spacial score (nSPS) is 12.1. The van der Waals surface area contributed by atoms with Crippen molar-refractivity contribution < 1.29 is 0 Å². The van der Waals surface area contributed by atoms with E-state index in [1.54, 1.807) is 6.08 Å². The fourth-order valence-electron chi connectivity index (χ4n) is 2.06. The molecule has 17 heavy (non-hydrogen) atoms. The molecule has 0 fully saturated rings. The summed E-state index contributed by atoms with van der Waals surface area (Å²) in [6.07, 6.45) is 5.72.